The number of phenols is 1. The molecule has 1 amide bonds. The largest absolute Gasteiger partial charge is 0.508 e. The number of benzene rings is 2. The maximum absolute atomic E-state index is 13.4. The average molecular weight is 349 g/mol. The van der Waals surface area contributed by atoms with Crippen LogP contribution in [0, 0.1) is 11.7 Å². The number of likely N-dealkylation sites (tertiary alicyclic amines) is 1. The molecule has 1 fully saturated rings. The molecule has 0 saturated carbocycles. The molecule has 4 nitrogen and oxygen atoms in total. The molecule has 1 heterocycles. The summed E-state index contributed by atoms with van der Waals surface area (Å²) in [6.45, 7) is 1.49. The van der Waals surface area contributed by atoms with Crippen molar-refractivity contribution in [3.05, 3.63) is 64.4 Å². The van der Waals surface area contributed by atoms with Crippen molar-refractivity contribution in [2.45, 2.75) is 12.5 Å². The van der Waals surface area contributed by atoms with Crippen molar-refractivity contribution in [1.82, 2.24) is 4.90 Å². The SMILES string of the molecule is NC(=O)[C@@H]1CN(Cc2cc(Cl)c(F)cc2O)C[C@H]1c1ccccc1. The van der Waals surface area contributed by atoms with Gasteiger partial charge in [-0.25, -0.2) is 4.39 Å². The summed E-state index contributed by atoms with van der Waals surface area (Å²) in [4.78, 5) is 13.8. The van der Waals surface area contributed by atoms with Gasteiger partial charge < -0.3 is 10.8 Å². The van der Waals surface area contributed by atoms with Crippen LogP contribution in [0.15, 0.2) is 42.5 Å². The number of carbonyl (C=O) groups is 1. The van der Waals surface area contributed by atoms with Crippen molar-refractivity contribution in [1.29, 1.82) is 0 Å². The molecule has 3 rings (SSSR count). The normalized spacial score (nSPS) is 21.1. The Morgan fingerprint density at radius 3 is 2.67 bits per heavy atom. The molecular formula is C18H18ClFN2O2. The van der Waals surface area contributed by atoms with E-state index in [1.54, 1.807) is 0 Å². The third-order valence-corrected chi connectivity index (χ3v) is 4.79. The molecule has 24 heavy (non-hydrogen) atoms. The molecule has 126 valence electrons. The summed E-state index contributed by atoms with van der Waals surface area (Å²) in [5.74, 6) is -1.44. The summed E-state index contributed by atoms with van der Waals surface area (Å²) in [6, 6.07) is 12.2. The zero-order valence-corrected chi connectivity index (χ0v) is 13.7. The number of nitrogens with two attached hydrogens (primary N) is 1. The van der Waals surface area contributed by atoms with Crippen LogP contribution in [0.1, 0.15) is 17.0 Å². The van der Waals surface area contributed by atoms with Crippen LogP contribution in [0.5, 0.6) is 5.75 Å². The lowest BCUT2D eigenvalue weighted by atomic mass is 9.89. The van der Waals surface area contributed by atoms with E-state index in [1.807, 2.05) is 35.2 Å². The van der Waals surface area contributed by atoms with Crippen LogP contribution in [0.2, 0.25) is 5.02 Å². The van der Waals surface area contributed by atoms with Gasteiger partial charge in [0.25, 0.3) is 0 Å². The number of halogens is 2. The van der Waals surface area contributed by atoms with Crippen LogP contribution < -0.4 is 5.73 Å². The molecule has 2 aromatic carbocycles. The Bertz CT molecular complexity index is 754. The maximum atomic E-state index is 13.4. The lowest BCUT2D eigenvalue weighted by Crippen LogP contribution is -2.29. The average Bonchev–Trinajstić information content (AvgIpc) is 2.98. The van der Waals surface area contributed by atoms with Crippen molar-refractivity contribution in [2.24, 2.45) is 11.7 Å². The molecule has 0 unspecified atom stereocenters. The molecule has 0 aromatic heterocycles. The number of hydrogen-bond donors (Lipinski definition) is 2. The van der Waals surface area contributed by atoms with Gasteiger partial charge in [0, 0.05) is 37.2 Å². The van der Waals surface area contributed by atoms with Crippen molar-refractivity contribution in [3.63, 3.8) is 0 Å². The van der Waals surface area contributed by atoms with Crippen LogP contribution >= 0.6 is 11.6 Å². The Balaban J connectivity index is 1.81. The van der Waals surface area contributed by atoms with Crippen LogP contribution in [-0.4, -0.2) is 29.0 Å². The van der Waals surface area contributed by atoms with Gasteiger partial charge in [0.2, 0.25) is 5.91 Å². The number of amides is 1. The quantitative estimate of drug-likeness (QED) is 0.892. The summed E-state index contributed by atoms with van der Waals surface area (Å²) in [7, 11) is 0. The molecular weight excluding hydrogens is 331 g/mol. The zero-order chi connectivity index (χ0) is 17.3. The number of nitrogens with zero attached hydrogens (tertiary/aromatic N) is 1. The first kappa shape index (κ1) is 16.7. The minimum absolute atomic E-state index is 0.00163. The van der Waals surface area contributed by atoms with E-state index in [0.29, 0.717) is 25.2 Å². The highest BCUT2D eigenvalue weighted by atomic mass is 35.5. The standard InChI is InChI=1S/C18H18ClFN2O2/c19-15-6-12(17(23)7-16(15)20)8-22-9-13(14(10-22)18(21)24)11-4-2-1-3-5-11/h1-7,13-14,23H,8-10H2,(H2,21,24)/t13-,14+/m0/s1. The molecule has 6 heteroatoms. The van der Waals surface area contributed by atoms with Crippen LogP contribution in [0.25, 0.3) is 0 Å². The number of phenolic OH excluding ortho intramolecular Hbond substituents is 1. The first-order chi connectivity index (χ1) is 11.5. The van der Waals surface area contributed by atoms with Crippen molar-refractivity contribution in [3.8, 4) is 5.75 Å². The smallest absolute Gasteiger partial charge is 0.222 e. The van der Waals surface area contributed by atoms with E-state index in [1.165, 1.54) is 6.07 Å². The lowest BCUT2D eigenvalue weighted by molar-refractivity contribution is -0.121. The Kier molecular flexibility index (Phi) is 4.73. The van der Waals surface area contributed by atoms with E-state index >= 15 is 0 Å². The number of hydrogen-bond acceptors (Lipinski definition) is 3. The van der Waals surface area contributed by atoms with E-state index in [9.17, 15) is 14.3 Å². The van der Waals surface area contributed by atoms with Gasteiger partial charge >= 0.3 is 0 Å². The lowest BCUT2D eigenvalue weighted by Gasteiger charge is -2.17. The molecule has 0 bridgehead atoms. The third kappa shape index (κ3) is 3.37. The van der Waals surface area contributed by atoms with Gasteiger partial charge in [-0.2, -0.15) is 0 Å². The molecule has 0 aliphatic carbocycles. The summed E-state index contributed by atoms with van der Waals surface area (Å²) in [6.07, 6.45) is 0. The van der Waals surface area contributed by atoms with E-state index < -0.39 is 5.82 Å². The third-order valence-electron chi connectivity index (χ3n) is 4.50. The molecule has 2 atom stereocenters. The first-order valence-corrected chi connectivity index (χ1v) is 8.07. The molecule has 2 aromatic rings. The topological polar surface area (TPSA) is 66.6 Å². The minimum Gasteiger partial charge on any atom is -0.508 e. The predicted octanol–water partition coefficient (Wildman–Crippen LogP) is 2.89. The molecule has 1 aliphatic heterocycles. The Labute approximate surface area is 144 Å². The molecule has 0 radical (unpaired) electrons. The predicted molar refractivity (Wildman–Crippen MR) is 90.2 cm³/mol. The molecule has 1 saturated heterocycles. The van der Waals surface area contributed by atoms with Gasteiger partial charge in [0.15, 0.2) is 0 Å². The second-order valence-corrected chi connectivity index (χ2v) is 6.52. The van der Waals surface area contributed by atoms with E-state index in [-0.39, 0.29) is 28.5 Å². The Hall–Kier alpha value is -2.11. The number of primary amides is 1. The van der Waals surface area contributed by atoms with E-state index in [4.69, 9.17) is 17.3 Å². The van der Waals surface area contributed by atoms with Crippen LogP contribution in [0.4, 0.5) is 4.39 Å². The monoisotopic (exact) mass is 348 g/mol. The fourth-order valence-corrected chi connectivity index (χ4v) is 3.47. The fraction of sp³-hybridized carbons (Fsp3) is 0.278. The summed E-state index contributed by atoms with van der Waals surface area (Å²) < 4.78 is 13.4. The second kappa shape index (κ2) is 6.79. The minimum atomic E-state index is -0.656. The van der Waals surface area contributed by atoms with Gasteiger partial charge in [-0.3, -0.25) is 9.69 Å². The van der Waals surface area contributed by atoms with Crippen LogP contribution in [0.3, 0.4) is 0 Å². The van der Waals surface area contributed by atoms with Crippen LogP contribution in [-0.2, 0) is 11.3 Å². The number of aromatic hydroxyl groups is 1. The number of carbonyl (C=O) groups excluding carboxylic acids is 1. The molecule has 3 N–H and O–H groups in total. The molecule has 0 spiro atoms. The highest BCUT2D eigenvalue weighted by Gasteiger charge is 2.37. The van der Waals surface area contributed by atoms with Gasteiger partial charge in [0.05, 0.1) is 10.9 Å². The van der Waals surface area contributed by atoms with E-state index in [2.05, 4.69) is 0 Å². The Morgan fingerprint density at radius 2 is 2.00 bits per heavy atom. The first-order valence-electron chi connectivity index (χ1n) is 7.69. The van der Waals surface area contributed by atoms with Gasteiger partial charge in [-0.1, -0.05) is 41.9 Å². The Morgan fingerprint density at radius 1 is 1.29 bits per heavy atom. The fourth-order valence-electron chi connectivity index (χ4n) is 3.29. The van der Waals surface area contributed by atoms with Gasteiger partial charge in [-0.05, 0) is 11.6 Å². The summed E-state index contributed by atoms with van der Waals surface area (Å²) >= 11 is 5.80. The number of rotatable bonds is 4. The van der Waals surface area contributed by atoms with Crippen molar-refractivity contribution >= 4 is 17.5 Å². The zero-order valence-electron chi connectivity index (χ0n) is 13.0. The van der Waals surface area contributed by atoms with Crippen molar-refractivity contribution in [2.75, 3.05) is 13.1 Å². The second-order valence-electron chi connectivity index (χ2n) is 6.12. The van der Waals surface area contributed by atoms with Crippen molar-refractivity contribution < 1.29 is 14.3 Å². The highest BCUT2D eigenvalue weighted by Crippen LogP contribution is 2.35. The highest BCUT2D eigenvalue weighted by molar-refractivity contribution is 6.30. The summed E-state index contributed by atoms with van der Waals surface area (Å²) in [5, 5.41) is 9.88. The summed E-state index contributed by atoms with van der Waals surface area (Å²) in [5.41, 5.74) is 7.16. The van der Waals surface area contributed by atoms with E-state index in [0.717, 1.165) is 11.6 Å². The molecule has 1 aliphatic rings. The van der Waals surface area contributed by atoms with Gasteiger partial charge in [0.1, 0.15) is 11.6 Å². The van der Waals surface area contributed by atoms with Gasteiger partial charge in [-0.15, -0.1) is 0 Å². The maximum Gasteiger partial charge on any atom is 0.222 e.